The van der Waals surface area contributed by atoms with Crippen molar-refractivity contribution in [2.75, 3.05) is 6.54 Å². The van der Waals surface area contributed by atoms with Gasteiger partial charge >= 0.3 is 6.09 Å². The van der Waals surface area contributed by atoms with Gasteiger partial charge in [-0.15, -0.1) is 0 Å². The van der Waals surface area contributed by atoms with Crippen LogP contribution in [0.3, 0.4) is 0 Å². The molecule has 0 heterocycles. The van der Waals surface area contributed by atoms with Gasteiger partial charge in [-0.05, 0) is 85.3 Å². The van der Waals surface area contributed by atoms with E-state index in [9.17, 15) is 14.4 Å². The molecule has 0 saturated carbocycles. The highest BCUT2D eigenvalue weighted by atomic mass is 16.6. The molecule has 1 aromatic carbocycles. The van der Waals surface area contributed by atoms with E-state index < -0.39 is 29.3 Å². The van der Waals surface area contributed by atoms with Crippen molar-refractivity contribution in [3.05, 3.63) is 34.9 Å². The van der Waals surface area contributed by atoms with Crippen LogP contribution in [0.2, 0.25) is 0 Å². The van der Waals surface area contributed by atoms with Crippen LogP contribution >= 0.6 is 0 Å². The van der Waals surface area contributed by atoms with Gasteiger partial charge in [0.1, 0.15) is 17.7 Å². The second-order valence-corrected chi connectivity index (χ2v) is 12.6. The number of carbonyl (C=O) groups is 3. The SMILES string of the molecule is CCCCCN(C(=O)C(CC(C)C)NC(=O)OC(C)(C)C)C(C(=O)NC(C)(C)C)c1cc(C)ccc1C. The van der Waals surface area contributed by atoms with Crippen molar-refractivity contribution in [3.8, 4) is 0 Å². The first kappa shape index (κ1) is 32.5. The minimum Gasteiger partial charge on any atom is -0.444 e. The highest BCUT2D eigenvalue weighted by molar-refractivity contribution is 5.92. The average molecular weight is 518 g/mol. The third kappa shape index (κ3) is 11.6. The van der Waals surface area contributed by atoms with Crippen LogP contribution < -0.4 is 10.6 Å². The Morgan fingerprint density at radius 2 is 1.62 bits per heavy atom. The van der Waals surface area contributed by atoms with E-state index in [1.807, 2.05) is 66.7 Å². The maximum Gasteiger partial charge on any atom is 0.408 e. The number of nitrogens with zero attached hydrogens (tertiary/aromatic N) is 1. The van der Waals surface area contributed by atoms with E-state index >= 15 is 0 Å². The quantitative estimate of drug-likeness (QED) is 0.341. The van der Waals surface area contributed by atoms with E-state index in [0.717, 1.165) is 36.0 Å². The molecule has 0 radical (unpaired) electrons. The fourth-order valence-electron chi connectivity index (χ4n) is 4.18. The normalized spacial score (nSPS) is 13.6. The smallest absolute Gasteiger partial charge is 0.408 e. The van der Waals surface area contributed by atoms with Crippen LogP contribution in [-0.4, -0.2) is 46.5 Å². The van der Waals surface area contributed by atoms with E-state index in [2.05, 4.69) is 17.6 Å². The molecule has 0 saturated heterocycles. The van der Waals surface area contributed by atoms with Gasteiger partial charge < -0.3 is 20.3 Å². The Balaban J connectivity index is 3.61. The molecule has 0 bridgehead atoms. The molecule has 0 aromatic heterocycles. The maximum atomic E-state index is 14.2. The van der Waals surface area contributed by atoms with Gasteiger partial charge in [-0.2, -0.15) is 0 Å². The number of rotatable bonds is 11. The van der Waals surface area contributed by atoms with Crippen LogP contribution in [0.15, 0.2) is 18.2 Å². The predicted molar refractivity (Wildman–Crippen MR) is 150 cm³/mol. The van der Waals surface area contributed by atoms with E-state index in [4.69, 9.17) is 4.74 Å². The van der Waals surface area contributed by atoms with Crippen molar-refractivity contribution in [2.45, 2.75) is 125 Å². The molecule has 210 valence electrons. The van der Waals surface area contributed by atoms with E-state index in [-0.39, 0.29) is 17.7 Å². The molecule has 3 amide bonds. The predicted octanol–water partition coefficient (Wildman–Crippen LogP) is 6.22. The van der Waals surface area contributed by atoms with Gasteiger partial charge in [0.2, 0.25) is 11.8 Å². The van der Waals surface area contributed by atoms with E-state index in [1.54, 1.807) is 25.7 Å². The van der Waals surface area contributed by atoms with Gasteiger partial charge in [-0.1, -0.05) is 57.4 Å². The Morgan fingerprint density at radius 3 is 2.14 bits per heavy atom. The summed E-state index contributed by atoms with van der Waals surface area (Å²) in [5.41, 5.74) is 1.59. The van der Waals surface area contributed by atoms with Crippen LogP contribution in [-0.2, 0) is 14.3 Å². The third-order valence-electron chi connectivity index (χ3n) is 5.77. The number of amides is 3. The van der Waals surface area contributed by atoms with E-state index in [1.165, 1.54) is 0 Å². The standard InChI is InChI=1S/C30H51N3O4/c1-12-13-14-17-33(27(35)24(18-20(2)3)31-28(36)37-30(9,10)11)25(26(34)32-29(6,7)8)23-19-21(4)15-16-22(23)5/h15-16,19-20,24-25H,12-14,17-18H2,1-11H3,(H,31,36)(H,32,34). The largest absolute Gasteiger partial charge is 0.444 e. The summed E-state index contributed by atoms with van der Waals surface area (Å²) in [6, 6.07) is 4.35. The number of benzene rings is 1. The summed E-state index contributed by atoms with van der Waals surface area (Å²) in [5.74, 6) is -0.360. The Morgan fingerprint density at radius 1 is 1.00 bits per heavy atom. The van der Waals surface area contributed by atoms with Crippen molar-refractivity contribution in [3.63, 3.8) is 0 Å². The van der Waals surface area contributed by atoms with Gasteiger partial charge in [0.15, 0.2) is 0 Å². The van der Waals surface area contributed by atoms with Gasteiger partial charge in [-0.3, -0.25) is 9.59 Å². The minimum absolute atomic E-state index is 0.143. The second-order valence-electron chi connectivity index (χ2n) is 12.6. The number of hydrogen-bond donors (Lipinski definition) is 2. The molecule has 7 nitrogen and oxygen atoms in total. The van der Waals surface area contributed by atoms with Gasteiger partial charge in [-0.25, -0.2) is 4.79 Å². The molecule has 7 heteroatoms. The second kappa shape index (κ2) is 13.8. The lowest BCUT2D eigenvalue weighted by atomic mass is 9.94. The first-order valence-corrected chi connectivity index (χ1v) is 13.6. The molecule has 0 fully saturated rings. The number of ether oxygens (including phenoxy) is 1. The zero-order chi connectivity index (χ0) is 28.6. The lowest BCUT2D eigenvalue weighted by Crippen LogP contribution is -2.55. The van der Waals surface area contributed by atoms with Gasteiger partial charge in [0.25, 0.3) is 0 Å². The molecule has 1 aromatic rings. The van der Waals surface area contributed by atoms with Crippen molar-refractivity contribution in [2.24, 2.45) is 5.92 Å². The first-order chi connectivity index (χ1) is 16.9. The van der Waals surface area contributed by atoms with Gasteiger partial charge in [0.05, 0.1) is 0 Å². The summed E-state index contributed by atoms with van der Waals surface area (Å²) in [4.78, 5) is 42.5. The number of carbonyl (C=O) groups excluding carboxylic acids is 3. The number of unbranched alkanes of at least 4 members (excludes halogenated alkanes) is 2. The molecule has 2 unspecified atom stereocenters. The van der Waals surface area contributed by atoms with Crippen molar-refractivity contribution in [1.29, 1.82) is 0 Å². The van der Waals surface area contributed by atoms with Crippen molar-refractivity contribution in [1.82, 2.24) is 15.5 Å². The Bertz CT molecular complexity index is 912. The first-order valence-electron chi connectivity index (χ1n) is 13.6. The molecule has 2 atom stereocenters. The molecule has 0 aliphatic carbocycles. The van der Waals surface area contributed by atoms with Crippen molar-refractivity contribution >= 4 is 17.9 Å². The summed E-state index contributed by atoms with van der Waals surface area (Å²) in [5, 5.41) is 5.91. The summed E-state index contributed by atoms with van der Waals surface area (Å²) < 4.78 is 5.47. The average Bonchev–Trinajstić information content (AvgIpc) is 2.71. The van der Waals surface area contributed by atoms with Crippen LogP contribution in [0, 0.1) is 19.8 Å². The molecule has 37 heavy (non-hydrogen) atoms. The summed E-state index contributed by atoms with van der Waals surface area (Å²) in [6.45, 7) is 21.6. The van der Waals surface area contributed by atoms with Crippen LogP contribution in [0.5, 0.6) is 0 Å². The Labute approximate surface area is 225 Å². The number of aryl methyl sites for hydroxylation is 2. The zero-order valence-electron chi connectivity index (χ0n) is 25.1. The highest BCUT2D eigenvalue weighted by Crippen LogP contribution is 2.28. The van der Waals surface area contributed by atoms with Crippen LogP contribution in [0.25, 0.3) is 0 Å². The molecular weight excluding hydrogens is 466 g/mol. The summed E-state index contributed by atoms with van der Waals surface area (Å²) in [7, 11) is 0. The monoisotopic (exact) mass is 517 g/mol. The molecule has 0 aliphatic heterocycles. The Hall–Kier alpha value is -2.57. The summed E-state index contributed by atoms with van der Waals surface area (Å²) >= 11 is 0. The fraction of sp³-hybridized carbons (Fsp3) is 0.700. The molecule has 2 N–H and O–H groups in total. The molecule has 0 spiro atoms. The summed E-state index contributed by atoms with van der Waals surface area (Å²) in [6.07, 6.45) is 2.47. The number of nitrogens with one attached hydrogen (secondary N) is 2. The number of alkyl carbamates (subject to hydrolysis) is 1. The number of hydrogen-bond acceptors (Lipinski definition) is 4. The third-order valence-corrected chi connectivity index (χ3v) is 5.77. The van der Waals surface area contributed by atoms with Crippen LogP contribution in [0.4, 0.5) is 4.79 Å². The van der Waals surface area contributed by atoms with Gasteiger partial charge in [0, 0.05) is 12.1 Å². The van der Waals surface area contributed by atoms with Crippen LogP contribution in [0.1, 0.15) is 111 Å². The maximum absolute atomic E-state index is 14.2. The zero-order valence-corrected chi connectivity index (χ0v) is 25.1. The molecular formula is C30H51N3O4. The lowest BCUT2D eigenvalue weighted by Gasteiger charge is -2.37. The van der Waals surface area contributed by atoms with E-state index in [0.29, 0.717) is 13.0 Å². The molecule has 1 rings (SSSR count). The lowest BCUT2D eigenvalue weighted by molar-refractivity contribution is -0.143. The Kier molecular flexibility index (Phi) is 12.1. The molecule has 0 aliphatic rings. The van der Waals surface area contributed by atoms with Crippen molar-refractivity contribution < 1.29 is 19.1 Å². The fourth-order valence-corrected chi connectivity index (χ4v) is 4.18. The topological polar surface area (TPSA) is 87.7 Å². The highest BCUT2D eigenvalue weighted by Gasteiger charge is 2.38. The minimum atomic E-state index is -0.821.